The summed E-state index contributed by atoms with van der Waals surface area (Å²) in [5.41, 5.74) is 8.13. The number of nitrogens with zero attached hydrogens (tertiary/aromatic N) is 1. The fourth-order valence-corrected chi connectivity index (χ4v) is 2.72. The topological polar surface area (TPSA) is 53.1 Å². The maximum Gasteiger partial charge on any atom is 0.124 e. The van der Waals surface area contributed by atoms with E-state index < -0.39 is 0 Å². The zero-order valence-electron chi connectivity index (χ0n) is 11.9. The van der Waals surface area contributed by atoms with E-state index in [0.29, 0.717) is 15.6 Å². The highest BCUT2D eigenvalue weighted by Gasteiger charge is 2.18. The number of rotatable bonds is 4. The molecular formula is C16H17Cl2N3. The van der Waals surface area contributed by atoms with Crippen molar-refractivity contribution in [2.75, 3.05) is 11.9 Å². The average molecular weight is 322 g/mol. The number of anilines is 1. The monoisotopic (exact) mass is 321 g/mol. The molecule has 3 nitrogen and oxygen atoms in total. The molecular weight excluding hydrogens is 305 g/mol. The first-order valence-corrected chi connectivity index (χ1v) is 7.28. The number of hydrogen-bond donors (Lipinski definition) is 2. The molecule has 2 rings (SSSR count). The third-order valence-corrected chi connectivity index (χ3v) is 4.15. The Morgan fingerprint density at radius 2 is 1.86 bits per heavy atom. The molecule has 0 aliphatic carbocycles. The van der Waals surface area contributed by atoms with Crippen LogP contribution in [0.1, 0.15) is 24.1 Å². The lowest BCUT2D eigenvalue weighted by atomic mass is 10.0. The molecule has 110 valence electrons. The summed E-state index contributed by atoms with van der Waals surface area (Å²) in [5, 5.41) is 9.03. The summed E-state index contributed by atoms with van der Waals surface area (Å²) in [6, 6.07) is 13.0. The van der Waals surface area contributed by atoms with Crippen molar-refractivity contribution < 1.29 is 0 Å². The predicted octanol–water partition coefficient (Wildman–Crippen LogP) is 4.47. The SMILES string of the molecule is CC(c1ccccc1Cl)N(C)c1cc(Cl)ccc1C(=N)N. The summed E-state index contributed by atoms with van der Waals surface area (Å²) >= 11 is 12.3. The lowest BCUT2D eigenvalue weighted by Gasteiger charge is -2.30. The van der Waals surface area contributed by atoms with Crippen molar-refractivity contribution in [3.63, 3.8) is 0 Å². The Kier molecular flexibility index (Phi) is 4.76. The molecule has 0 bridgehead atoms. The van der Waals surface area contributed by atoms with Gasteiger partial charge >= 0.3 is 0 Å². The molecule has 21 heavy (non-hydrogen) atoms. The molecule has 0 saturated carbocycles. The van der Waals surface area contributed by atoms with E-state index in [-0.39, 0.29) is 11.9 Å². The van der Waals surface area contributed by atoms with E-state index in [9.17, 15) is 0 Å². The molecule has 5 heteroatoms. The van der Waals surface area contributed by atoms with Gasteiger partial charge in [-0.15, -0.1) is 0 Å². The molecule has 2 aromatic rings. The van der Waals surface area contributed by atoms with Gasteiger partial charge in [0.25, 0.3) is 0 Å². The normalized spacial score (nSPS) is 12.0. The van der Waals surface area contributed by atoms with E-state index in [2.05, 4.69) is 0 Å². The second kappa shape index (κ2) is 6.37. The molecule has 0 aliphatic heterocycles. The first-order valence-electron chi connectivity index (χ1n) is 6.53. The smallest absolute Gasteiger partial charge is 0.124 e. The van der Waals surface area contributed by atoms with Crippen LogP contribution in [0.5, 0.6) is 0 Å². The molecule has 0 radical (unpaired) electrons. The number of nitrogens with two attached hydrogens (primary N) is 1. The highest BCUT2D eigenvalue weighted by Crippen LogP contribution is 2.33. The molecule has 1 atom stereocenters. The van der Waals surface area contributed by atoms with Crippen molar-refractivity contribution in [3.8, 4) is 0 Å². The molecule has 0 aromatic heterocycles. The van der Waals surface area contributed by atoms with E-state index >= 15 is 0 Å². The quantitative estimate of drug-likeness (QED) is 0.644. The number of halogens is 2. The minimum Gasteiger partial charge on any atom is -0.384 e. The third kappa shape index (κ3) is 3.31. The fourth-order valence-electron chi connectivity index (χ4n) is 2.26. The Bertz CT molecular complexity index is 670. The van der Waals surface area contributed by atoms with E-state index in [1.165, 1.54) is 0 Å². The van der Waals surface area contributed by atoms with Crippen LogP contribution in [0, 0.1) is 5.41 Å². The van der Waals surface area contributed by atoms with Crippen molar-refractivity contribution >= 4 is 34.7 Å². The van der Waals surface area contributed by atoms with Gasteiger partial charge in [0.2, 0.25) is 0 Å². The lowest BCUT2D eigenvalue weighted by Crippen LogP contribution is -2.25. The van der Waals surface area contributed by atoms with Gasteiger partial charge in [-0.05, 0) is 36.8 Å². The largest absolute Gasteiger partial charge is 0.384 e. The molecule has 0 spiro atoms. The maximum atomic E-state index is 7.71. The Hall–Kier alpha value is -1.71. The van der Waals surface area contributed by atoms with Gasteiger partial charge in [-0.1, -0.05) is 41.4 Å². The summed E-state index contributed by atoms with van der Waals surface area (Å²) in [7, 11) is 1.94. The van der Waals surface area contributed by atoms with Crippen LogP contribution in [0.25, 0.3) is 0 Å². The van der Waals surface area contributed by atoms with Gasteiger partial charge in [0, 0.05) is 28.3 Å². The summed E-state index contributed by atoms with van der Waals surface area (Å²) in [6.07, 6.45) is 0. The van der Waals surface area contributed by atoms with Gasteiger partial charge in [0.1, 0.15) is 5.84 Å². The zero-order chi connectivity index (χ0) is 15.6. The first-order chi connectivity index (χ1) is 9.91. The van der Waals surface area contributed by atoms with Crippen LogP contribution in [0.3, 0.4) is 0 Å². The fraction of sp³-hybridized carbons (Fsp3) is 0.188. The molecule has 1 unspecified atom stereocenters. The number of benzene rings is 2. The third-order valence-electron chi connectivity index (χ3n) is 3.57. The van der Waals surface area contributed by atoms with Crippen molar-refractivity contribution in [2.24, 2.45) is 5.73 Å². The van der Waals surface area contributed by atoms with Crippen LogP contribution in [0.15, 0.2) is 42.5 Å². The molecule has 0 heterocycles. The van der Waals surface area contributed by atoms with Gasteiger partial charge < -0.3 is 10.6 Å². The van der Waals surface area contributed by atoms with E-state index in [4.69, 9.17) is 34.3 Å². The van der Waals surface area contributed by atoms with Crippen molar-refractivity contribution in [1.29, 1.82) is 5.41 Å². The highest BCUT2D eigenvalue weighted by molar-refractivity contribution is 6.31. The highest BCUT2D eigenvalue weighted by atomic mass is 35.5. The van der Waals surface area contributed by atoms with Crippen LogP contribution in [-0.4, -0.2) is 12.9 Å². The second-order valence-electron chi connectivity index (χ2n) is 4.88. The summed E-state index contributed by atoms with van der Waals surface area (Å²) in [4.78, 5) is 2.02. The van der Waals surface area contributed by atoms with Crippen LogP contribution >= 0.6 is 23.2 Å². The van der Waals surface area contributed by atoms with Crippen molar-refractivity contribution in [1.82, 2.24) is 0 Å². The predicted molar refractivity (Wildman–Crippen MR) is 90.7 cm³/mol. The Morgan fingerprint density at radius 3 is 2.48 bits per heavy atom. The van der Waals surface area contributed by atoms with Gasteiger partial charge in [0.05, 0.1) is 6.04 Å². The Labute approximate surface area is 134 Å². The van der Waals surface area contributed by atoms with Crippen molar-refractivity contribution in [2.45, 2.75) is 13.0 Å². The lowest BCUT2D eigenvalue weighted by molar-refractivity contribution is 0.739. The van der Waals surface area contributed by atoms with E-state index in [1.807, 2.05) is 49.2 Å². The Balaban J connectivity index is 2.44. The van der Waals surface area contributed by atoms with Gasteiger partial charge in [-0.25, -0.2) is 0 Å². The standard InChI is InChI=1S/C16H17Cl2N3/c1-10(12-5-3-4-6-14(12)18)21(2)15-9-11(17)7-8-13(15)16(19)20/h3-10H,1-2H3,(H3,19,20). The van der Waals surface area contributed by atoms with Crippen molar-refractivity contribution in [3.05, 3.63) is 63.6 Å². The summed E-state index contributed by atoms with van der Waals surface area (Å²) < 4.78 is 0. The maximum absolute atomic E-state index is 7.71. The van der Waals surface area contributed by atoms with E-state index in [0.717, 1.165) is 11.3 Å². The Morgan fingerprint density at radius 1 is 1.19 bits per heavy atom. The van der Waals surface area contributed by atoms with Gasteiger partial charge in [0.15, 0.2) is 0 Å². The molecule has 0 fully saturated rings. The summed E-state index contributed by atoms with van der Waals surface area (Å²) in [5.74, 6) is 0.0138. The molecule has 0 saturated heterocycles. The number of nitrogens with one attached hydrogen (secondary N) is 1. The first kappa shape index (κ1) is 15.7. The average Bonchev–Trinajstić information content (AvgIpc) is 2.45. The second-order valence-corrected chi connectivity index (χ2v) is 5.73. The van der Waals surface area contributed by atoms with Crippen LogP contribution < -0.4 is 10.6 Å². The van der Waals surface area contributed by atoms with Crippen LogP contribution in [-0.2, 0) is 0 Å². The molecule has 0 amide bonds. The number of hydrogen-bond acceptors (Lipinski definition) is 2. The molecule has 2 aromatic carbocycles. The minimum absolute atomic E-state index is 0.0138. The molecule has 3 N–H and O–H groups in total. The van der Waals surface area contributed by atoms with Crippen LogP contribution in [0.4, 0.5) is 5.69 Å². The van der Waals surface area contributed by atoms with Crippen LogP contribution in [0.2, 0.25) is 10.0 Å². The van der Waals surface area contributed by atoms with Gasteiger partial charge in [-0.3, -0.25) is 5.41 Å². The summed E-state index contributed by atoms with van der Waals surface area (Å²) in [6.45, 7) is 2.05. The molecule has 0 aliphatic rings. The van der Waals surface area contributed by atoms with Gasteiger partial charge in [-0.2, -0.15) is 0 Å². The minimum atomic E-state index is 0.0138. The van der Waals surface area contributed by atoms with E-state index in [1.54, 1.807) is 12.1 Å². The number of nitrogen functional groups attached to an aromatic ring is 1. The zero-order valence-corrected chi connectivity index (χ0v) is 13.4. The number of amidine groups is 1.